The van der Waals surface area contributed by atoms with E-state index in [1.165, 1.54) is 40.2 Å². The Morgan fingerprint density at radius 3 is 1.18 bits per heavy atom. The fourth-order valence-electron chi connectivity index (χ4n) is 8.84. The summed E-state index contributed by atoms with van der Waals surface area (Å²) < 4.78 is 17.6. The van der Waals surface area contributed by atoms with Crippen LogP contribution in [0.15, 0.2) is 131 Å². The molecule has 0 aliphatic heterocycles. The van der Waals surface area contributed by atoms with Gasteiger partial charge >= 0.3 is 23.9 Å². The highest BCUT2D eigenvalue weighted by molar-refractivity contribution is 6.25. The van der Waals surface area contributed by atoms with Crippen molar-refractivity contribution in [2.75, 3.05) is 14.2 Å². The predicted molar refractivity (Wildman–Crippen MR) is 290 cm³/mol. The molecule has 0 spiro atoms. The lowest BCUT2D eigenvalue weighted by molar-refractivity contribution is 0.00678. The maximum absolute atomic E-state index is 12.7. The molecule has 0 amide bonds. The number of carbonyl (C=O) groups excluding carboxylic acids is 5. The quantitative estimate of drug-likeness (QED) is 0.0661. The van der Waals surface area contributed by atoms with E-state index in [1.54, 1.807) is 76.2 Å². The van der Waals surface area contributed by atoms with Crippen LogP contribution in [0.1, 0.15) is 130 Å². The molecule has 0 radical (unpaired) electrons. The molecule has 0 fully saturated rings. The summed E-state index contributed by atoms with van der Waals surface area (Å²) in [5.74, 6) is -4.06. The lowest BCUT2D eigenvalue weighted by Crippen LogP contribution is -2.24. The van der Waals surface area contributed by atoms with Gasteiger partial charge in [0.1, 0.15) is 5.60 Å². The van der Waals surface area contributed by atoms with Crippen molar-refractivity contribution in [1.29, 1.82) is 0 Å². The number of aromatic nitrogens is 2. The van der Waals surface area contributed by atoms with Gasteiger partial charge in [-0.3, -0.25) is 18.7 Å². The molecule has 76 heavy (non-hydrogen) atoms. The molecule has 16 nitrogen and oxygen atoms in total. The van der Waals surface area contributed by atoms with Crippen LogP contribution in [0.25, 0.3) is 21.8 Å². The number of aromatic hydroxyl groups is 2. The van der Waals surface area contributed by atoms with Crippen LogP contribution >= 0.6 is 0 Å². The van der Waals surface area contributed by atoms with Crippen LogP contribution < -0.4 is 0 Å². The number of ether oxygens (including phenoxy) is 3. The minimum atomic E-state index is -1.04. The van der Waals surface area contributed by atoms with E-state index >= 15 is 0 Å². The number of nitrogens with zero attached hydrogens (tertiary/aromatic N) is 4. The van der Waals surface area contributed by atoms with E-state index in [0.717, 1.165) is 9.13 Å². The number of carboxylic acids is 1. The zero-order valence-corrected chi connectivity index (χ0v) is 43.9. The predicted octanol–water partition coefficient (Wildman–Crippen LogP) is 11.8. The van der Waals surface area contributed by atoms with Crippen LogP contribution in [-0.4, -0.2) is 91.4 Å². The Bertz CT molecular complexity index is 3730. The minimum absolute atomic E-state index is 0.164. The number of methoxy groups -OCH3 is 2. The molecule has 0 atom stereocenters. The molecule has 8 aromatic rings. The third-order valence-corrected chi connectivity index (χ3v) is 12.3. The average molecular weight is 1030 g/mol. The number of benzene rings is 6. The maximum Gasteiger partial charge on any atom is 0.338 e. The van der Waals surface area contributed by atoms with Crippen molar-refractivity contribution in [3.05, 3.63) is 188 Å². The number of fused-ring (bicyclic) bond motifs is 2. The van der Waals surface area contributed by atoms with Gasteiger partial charge in [-0.1, -0.05) is 60.7 Å². The highest BCUT2D eigenvalue weighted by Gasteiger charge is 2.29. The first-order valence-corrected chi connectivity index (χ1v) is 23.9. The number of aliphatic imine (C=N–C) groups is 2. The number of carbonyl (C=O) groups is 6. The van der Waals surface area contributed by atoms with Gasteiger partial charge in [-0.05, 0) is 131 Å². The SMILES string of the molecule is COC(=O)c1cc2c(cc1C)c(C(=Nc1ccc(C(=O)O)c(C)c1)c1ccccc1)c(O)n2C(C)=O.COC(=O)c1cc2c(cc1C)c(C(=Nc1ccc(C(=O)OC(C)(C)C)c(C)c1)c1ccccc1)c(O)n2C(C)=O. The summed E-state index contributed by atoms with van der Waals surface area (Å²) in [6.45, 7) is 15.1. The van der Waals surface area contributed by atoms with Gasteiger partial charge in [0, 0.05) is 35.7 Å². The van der Waals surface area contributed by atoms with Crippen LogP contribution in [0.4, 0.5) is 11.4 Å². The Labute approximate surface area is 438 Å². The normalized spacial score (nSPS) is 11.7. The monoisotopic (exact) mass is 1020 g/mol. The summed E-state index contributed by atoms with van der Waals surface area (Å²) in [5.41, 5.74) is 7.46. The molecule has 2 heterocycles. The fraction of sp³-hybridized carbons (Fsp3) is 0.200. The van der Waals surface area contributed by atoms with E-state index in [4.69, 9.17) is 24.2 Å². The molecular formula is C60H56N4O12. The third kappa shape index (κ3) is 11.1. The number of rotatable bonds is 10. The summed E-state index contributed by atoms with van der Waals surface area (Å²) in [7, 11) is 2.56. The fourth-order valence-corrected chi connectivity index (χ4v) is 8.84. The molecule has 3 N–H and O–H groups in total. The average Bonchev–Trinajstić information content (AvgIpc) is 3.87. The zero-order valence-electron chi connectivity index (χ0n) is 43.9. The van der Waals surface area contributed by atoms with E-state index in [2.05, 4.69) is 0 Å². The molecule has 388 valence electrons. The molecule has 6 aromatic carbocycles. The van der Waals surface area contributed by atoms with Crippen molar-refractivity contribution in [3.63, 3.8) is 0 Å². The Morgan fingerprint density at radius 1 is 0.487 bits per heavy atom. The minimum Gasteiger partial charge on any atom is -0.494 e. The van der Waals surface area contributed by atoms with Gasteiger partial charge in [0.05, 0.1) is 81.4 Å². The molecule has 2 aromatic heterocycles. The second-order valence-electron chi connectivity index (χ2n) is 18.9. The van der Waals surface area contributed by atoms with Crippen LogP contribution in [0.5, 0.6) is 11.8 Å². The summed E-state index contributed by atoms with van der Waals surface area (Å²) >= 11 is 0. The van der Waals surface area contributed by atoms with Crippen molar-refractivity contribution in [1.82, 2.24) is 9.13 Å². The van der Waals surface area contributed by atoms with Crippen molar-refractivity contribution < 1.29 is 58.3 Å². The van der Waals surface area contributed by atoms with Gasteiger partial charge in [0.25, 0.3) is 0 Å². The van der Waals surface area contributed by atoms with Crippen LogP contribution in [-0.2, 0) is 14.2 Å². The van der Waals surface area contributed by atoms with Crippen molar-refractivity contribution in [2.45, 2.75) is 67.9 Å². The zero-order chi connectivity index (χ0) is 55.5. The largest absolute Gasteiger partial charge is 0.494 e. The smallest absolute Gasteiger partial charge is 0.338 e. The number of hydrogen-bond acceptors (Lipinski definition) is 13. The van der Waals surface area contributed by atoms with E-state index in [1.807, 2.05) is 81.4 Å². The molecule has 8 rings (SSSR count). The van der Waals surface area contributed by atoms with Crippen LogP contribution in [0.3, 0.4) is 0 Å². The number of aromatic carboxylic acids is 1. The third-order valence-electron chi connectivity index (χ3n) is 12.3. The second kappa shape index (κ2) is 22.0. The molecule has 0 bridgehead atoms. The highest BCUT2D eigenvalue weighted by atomic mass is 16.6. The molecule has 0 saturated heterocycles. The standard InChI is InChI=1S/C32H32N2O6.C28H24N2O6/c1-18-15-22(13-14-23(18)31(38)40-32(4,5)6)33-28(21-11-9-8-10-12-21)27-25-16-19(2)24(30(37)39-7)17-26(25)34(20(3)35)29(27)36;1-15-12-19(10-11-20(15)27(33)34)29-25(18-8-6-5-7-9-18)24-22-13-16(2)21(28(35)36-4)14-23(22)30(17(3)31)26(24)32/h8-17,36H,1-7H3;5-14,32H,1-4H3,(H,33,34). The van der Waals surface area contributed by atoms with Crippen molar-refractivity contribution >= 4 is 80.3 Å². The lowest BCUT2D eigenvalue weighted by Gasteiger charge is -2.20. The van der Waals surface area contributed by atoms with Crippen LogP contribution in [0.2, 0.25) is 0 Å². The van der Waals surface area contributed by atoms with E-state index < -0.39 is 41.3 Å². The van der Waals surface area contributed by atoms with Gasteiger partial charge in [0.2, 0.25) is 23.6 Å². The van der Waals surface area contributed by atoms with E-state index in [-0.39, 0.29) is 28.5 Å². The Balaban J connectivity index is 0.000000222. The number of hydrogen-bond donors (Lipinski definition) is 3. The first kappa shape index (κ1) is 54.3. The van der Waals surface area contributed by atoms with Gasteiger partial charge in [-0.2, -0.15) is 0 Å². The topological polar surface area (TPSA) is 225 Å². The molecule has 0 saturated carbocycles. The van der Waals surface area contributed by atoms with Gasteiger partial charge in [-0.15, -0.1) is 0 Å². The Hall–Kier alpha value is -9.44. The summed E-state index contributed by atoms with van der Waals surface area (Å²) in [4.78, 5) is 83.8. The number of aryl methyl sites for hydroxylation is 4. The highest BCUT2D eigenvalue weighted by Crippen LogP contribution is 2.39. The summed E-state index contributed by atoms with van der Waals surface area (Å²) in [6, 6.07) is 34.8. The number of carboxylic acid groups (broad SMARTS) is 1. The van der Waals surface area contributed by atoms with Gasteiger partial charge in [-0.25, -0.2) is 29.2 Å². The first-order chi connectivity index (χ1) is 36.0. The van der Waals surface area contributed by atoms with Gasteiger partial charge < -0.3 is 29.5 Å². The molecule has 16 heteroatoms. The van der Waals surface area contributed by atoms with Gasteiger partial charge in [0.15, 0.2) is 0 Å². The lowest BCUT2D eigenvalue weighted by atomic mass is 9.98. The second-order valence-corrected chi connectivity index (χ2v) is 18.9. The van der Waals surface area contributed by atoms with E-state index in [9.17, 15) is 44.1 Å². The van der Waals surface area contributed by atoms with Crippen molar-refractivity contribution in [3.8, 4) is 11.8 Å². The Morgan fingerprint density at radius 2 is 0.855 bits per heavy atom. The van der Waals surface area contributed by atoms with E-state index in [0.29, 0.717) is 94.7 Å². The summed E-state index contributed by atoms with van der Waals surface area (Å²) in [6.07, 6.45) is 0. The van der Waals surface area contributed by atoms with Crippen LogP contribution in [0, 0.1) is 27.7 Å². The molecular weight excluding hydrogens is 969 g/mol. The first-order valence-electron chi connectivity index (χ1n) is 23.9. The summed E-state index contributed by atoms with van der Waals surface area (Å²) in [5, 5.41) is 33.2. The maximum atomic E-state index is 12.7. The Kier molecular flexibility index (Phi) is 15.7. The van der Waals surface area contributed by atoms with Crippen molar-refractivity contribution in [2.24, 2.45) is 9.98 Å². The number of esters is 3. The molecule has 0 aliphatic rings. The molecule has 0 aliphatic carbocycles. The molecule has 0 unspecified atom stereocenters.